The van der Waals surface area contributed by atoms with E-state index in [0.29, 0.717) is 18.8 Å². The van der Waals surface area contributed by atoms with Crippen LogP contribution >= 0.6 is 11.3 Å². The number of halogens is 1. The first-order chi connectivity index (χ1) is 9.11. The van der Waals surface area contributed by atoms with Crippen LogP contribution in [-0.2, 0) is 6.54 Å². The number of rotatable bonds is 4. The monoisotopic (exact) mass is 278 g/mol. The number of carbonyl (C=O) groups excluding carboxylic acids is 1. The van der Waals surface area contributed by atoms with Crippen LogP contribution in [0.3, 0.4) is 0 Å². The highest BCUT2D eigenvalue weighted by Crippen LogP contribution is 2.17. The molecular weight excluding hydrogens is 263 g/mol. The summed E-state index contributed by atoms with van der Waals surface area (Å²) < 4.78 is 13.8. The number of benzene rings is 1. The Hall–Kier alpha value is -1.88. The zero-order valence-corrected chi connectivity index (χ0v) is 11.4. The quantitative estimate of drug-likeness (QED) is 0.873. The number of thiophene rings is 1. The maximum Gasteiger partial charge on any atom is 0.257 e. The van der Waals surface area contributed by atoms with Gasteiger partial charge in [0.15, 0.2) is 0 Å². The summed E-state index contributed by atoms with van der Waals surface area (Å²) in [6.45, 7) is 2.90. The topological polar surface area (TPSA) is 46.3 Å². The van der Waals surface area contributed by atoms with Crippen LogP contribution in [0.15, 0.2) is 35.7 Å². The van der Waals surface area contributed by atoms with Gasteiger partial charge < -0.3 is 10.6 Å². The molecule has 0 aliphatic rings. The maximum absolute atomic E-state index is 13.8. The van der Waals surface area contributed by atoms with E-state index in [2.05, 4.69) is 0 Å². The molecular formula is C14H15FN2OS. The van der Waals surface area contributed by atoms with E-state index in [1.54, 1.807) is 16.2 Å². The smallest absolute Gasteiger partial charge is 0.257 e. The Morgan fingerprint density at radius 1 is 1.42 bits per heavy atom. The number of nitrogens with zero attached hydrogens (tertiary/aromatic N) is 1. The molecule has 3 nitrogen and oxygen atoms in total. The first-order valence-corrected chi connectivity index (χ1v) is 6.86. The molecule has 0 bridgehead atoms. The summed E-state index contributed by atoms with van der Waals surface area (Å²) in [5, 5.41) is 1.96. The fourth-order valence-corrected chi connectivity index (χ4v) is 2.51. The normalized spacial score (nSPS) is 10.4. The number of anilines is 1. The van der Waals surface area contributed by atoms with Crippen LogP contribution in [0.25, 0.3) is 0 Å². The van der Waals surface area contributed by atoms with Gasteiger partial charge in [-0.15, -0.1) is 11.3 Å². The molecule has 5 heteroatoms. The molecule has 0 fully saturated rings. The highest BCUT2D eigenvalue weighted by Gasteiger charge is 2.18. The van der Waals surface area contributed by atoms with Crippen molar-refractivity contribution in [2.75, 3.05) is 12.3 Å². The van der Waals surface area contributed by atoms with Crippen LogP contribution in [0.5, 0.6) is 0 Å². The number of nitrogens with two attached hydrogens (primary N) is 1. The Kier molecular flexibility index (Phi) is 4.16. The molecule has 0 aliphatic heterocycles. The van der Waals surface area contributed by atoms with Gasteiger partial charge in [-0.3, -0.25) is 4.79 Å². The Bertz CT molecular complexity index is 569. The van der Waals surface area contributed by atoms with Gasteiger partial charge in [0.25, 0.3) is 5.91 Å². The minimum Gasteiger partial charge on any atom is -0.399 e. The summed E-state index contributed by atoms with van der Waals surface area (Å²) in [6, 6.07) is 8.04. The maximum atomic E-state index is 13.8. The molecule has 0 spiro atoms. The molecule has 1 aromatic carbocycles. The summed E-state index contributed by atoms with van der Waals surface area (Å²) in [4.78, 5) is 15.0. The number of hydrogen-bond donors (Lipinski definition) is 1. The van der Waals surface area contributed by atoms with Gasteiger partial charge in [-0.2, -0.15) is 0 Å². The molecule has 0 radical (unpaired) electrons. The molecule has 1 heterocycles. The molecule has 0 atom stereocenters. The van der Waals surface area contributed by atoms with E-state index in [-0.39, 0.29) is 11.5 Å². The third kappa shape index (κ3) is 3.12. The summed E-state index contributed by atoms with van der Waals surface area (Å²) in [5.74, 6) is -0.886. The second-order valence-electron chi connectivity index (χ2n) is 4.14. The van der Waals surface area contributed by atoms with E-state index in [4.69, 9.17) is 5.73 Å². The number of nitrogen functional groups attached to an aromatic ring is 1. The van der Waals surface area contributed by atoms with E-state index in [1.807, 2.05) is 24.4 Å². The van der Waals surface area contributed by atoms with E-state index >= 15 is 0 Å². The van der Waals surface area contributed by atoms with Crippen molar-refractivity contribution in [2.24, 2.45) is 0 Å². The summed E-state index contributed by atoms with van der Waals surface area (Å²) in [6.07, 6.45) is 0. The van der Waals surface area contributed by atoms with Crippen LogP contribution in [0.2, 0.25) is 0 Å². The van der Waals surface area contributed by atoms with E-state index in [9.17, 15) is 9.18 Å². The van der Waals surface area contributed by atoms with Gasteiger partial charge in [-0.25, -0.2) is 4.39 Å². The van der Waals surface area contributed by atoms with Gasteiger partial charge in [0.2, 0.25) is 0 Å². The lowest BCUT2D eigenvalue weighted by molar-refractivity contribution is 0.0749. The van der Waals surface area contributed by atoms with Crippen molar-refractivity contribution in [3.8, 4) is 0 Å². The van der Waals surface area contributed by atoms with Crippen LogP contribution < -0.4 is 5.73 Å². The van der Waals surface area contributed by atoms with Crippen molar-refractivity contribution >= 4 is 22.9 Å². The molecule has 19 heavy (non-hydrogen) atoms. The van der Waals surface area contributed by atoms with Crippen molar-refractivity contribution in [3.05, 3.63) is 52.0 Å². The first kappa shape index (κ1) is 13.5. The summed E-state index contributed by atoms with van der Waals surface area (Å²) >= 11 is 1.58. The highest BCUT2D eigenvalue weighted by atomic mass is 32.1. The van der Waals surface area contributed by atoms with E-state index in [0.717, 1.165) is 4.88 Å². The van der Waals surface area contributed by atoms with Gasteiger partial charge in [0.05, 0.1) is 12.1 Å². The summed E-state index contributed by atoms with van der Waals surface area (Å²) in [7, 11) is 0. The molecule has 2 N–H and O–H groups in total. The fourth-order valence-electron chi connectivity index (χ4n) is 1.79. The Balaban J connectivity index is 2.20. The lowest BCUT2D eigenvalue weighted by Gasteiger charge is -2.20. The number of carbonyl (C=O) groups is 1. The molecule has 100 valence electrons. The van der Waals surface area contributed by atoms with Crippen molar-refractivity contribution in [1.29, 1.82) is 0 Å². The highest BCUT2D eigenvalue weighted by molar-refractivity contribution is 7.09. The van der Waals surface area contributed by atoms with Crippen LogP contribution in [0.1, 0.15) is 22.2 Å². The molecule has 0 saturated carbocycles. The van der Waals surface area contributed by atoms with Crippen LogP contribution in [-0.4, -0.2) is 17.4 Å². The first-order valence-electron chi connectivity index (χ1n) is 5.98. The van der Waals surface area contributed by atoms with Gasteiger partial charge in [-0.1, -0.05) is 6.07 Å². The predicted molar refractivity (Wildman–Crippen MR) is 75.5 cm³/mol. The van der Waals surface area contributed by atoms with Gasteiger partial charge in [-0.05, 0) is 36.6 Å². The van der Waals surface area contributed by atoms with Crippen molar-refractivity contribution < 1.29 is 9.18 Å². The lowest BCUT2D eigenvalue weighted by atomic mass is 10.1. The molecule has 0 aliphatic carbocycles. The van der Waals surface area contributed by atoms with Crippen LogP contribution in [0.4, 0.5) is 10.1 Å². The second-order valence-corrected chi connectivity index (χ2v) is 5.17. The molecule has 0 saturated heterocycles. The molecule has 2 rings (SSSR count). The standard InChI is InChI=1S/C14H15FN2OS/c1-2-17(9-11-4-3-7-19-11)14(18)12-6-5-10(16)8-13(12)15/h3-8H,2,9,16H2,1H3. The van der Waals surface area contributed by atoms with E-state index < -0.39 is 5.82 Å². The van der Waals surface area contributed by atoms with Gasteiger partial charge in [0, 0.05) is 17.1 Å². The predicted octanol–water partition coefficient (Wildman–Crippen LogP) is 3.13. The van der Waals surface area contributed by atoms with E-state index in [1.165, 1.54) is 18.2 Å². The number of hydrogen-bond acceptors (Lipinski definition) is 3. The second kappa shape index (κ2) is 5.84. The summed E-state index contributed by atoms with van der Waals surface area (Å²) in [5.41, 5.74) is 5.86. The SMILES string of the molecule is CCN(Cc1cccs1)C(=O)c1ccc(N)cc1F. The third-order valence-electron chi connectivity index (χ3n) is 2.82. The Morgan fingerprint density at radius 2 is 2.21 bits per heavy atom. The lowest BCUT2D eigenvalue weighted by Crippen LogP contribution is -2.30. The van der Waals surface area contributed by atoms with Gasteiger partial charge >= 0.3 is 0 Å². The molecule has 0 unspecified atom stereocenters. The Labute approximate surface area is 115 Å². The minimum atomic E-state index is -0.574. The molecule has 1 amide bonds. The van der Waals surface area contributed by atoms with Crippen molar-refractivity contribution in [3.63, 3.8) is 0 Å². The number of amides is 1. The Morgan fingerprint density at radius 3 is 2.79 bits per heavy atom. The average Bonchev–Trinajstić information content (AvgIpc) is 2.88. The van der Waals surface area contributed by atoms with Gasteiger partial charge in [0.1, 0.15) is 5.82 Å². The fraction of sp³-hybridized carbons (Fsp3) is 0.214. The van der Waals surface area contributed by atoms with Crippen molar-refractivity contribution in [2.45, 2.75) is 13.5 Å². The molecule has 2 aromatic rings. The molecule has 1 aromatic heterocycles. The third-order valence-corrected chi connectivity index (χ3v) is 3.68. The minimum absolute atomic E-state index is 0.0626. The largest absolute Gasteiger partial charge is 0.399 e. The zero-order valence-electron chi connectivity index (χ0n) is 10.6. The van der Waals surface area contributed by atoms with Crippen LogP contribution in [0, 0.1) is 5.82 Å². The van der Waals surface area contributed by atoms with Crippen molar-refractivity contribution in [1.82, 2.24) is 4.90 Å². The average molecular weight is 278 g/mol. The zero-order chi connectivity index (χ0) is 13.8.